The van der Waals surface area contributed by atoms with E-state index in [9.17, 15) is 5.21 Å². The fraction of sp³-hybridized carbons (Fsp3) is 0.406. The lowest BCUT2D eigenvalue weighted by Gasteiger charge is -2.32. The van der Waals surface area contributed by atoms with Gasteiger partial charge in [0.05, 0.1) is 5.71 Å². The van der Waals surface area contributed by atoms with Gasteiger partial charge in [-0.1, -0.05) is 78.0 Å². The molecule has 3 aromatic carbocycles. The van der Waals surface area contributed by atoms with Gasteiger partial charge in [0.25, 0.3) is 0 Å². The van der Waals surface area contributed by atoms with Crippen molar-refractivity contribution in [3.05, 3.63) is 107 Å². The first kappa shape index (κ1) is 24.7. The van der Waals surface area contributed by atoms with Crippen molar-refractivity contribution < 1.29 is 5.21 Å². The molecule has 0 unspecified atom stereocenters. The molecule has 188 valence electrons. The molecular formula is C32H39N3O. The van der Waals surface area contributed by atoms with Gasteiger partial charge in [0.2, 0.25) is 0 Å². The molecule has 4 nitrogen and oxygen atoms in total. The highest BCUT2D eigenvalue weighted by molar-refractivity contribution is 6.00. The molecule has 0 amide bonds. The fourth-order valence-electron chi connectivity index (χ4n) is 5.85. The zero-order chi connectivity index (χ0) is 24.6. The number of benzene rings is 3. The van der Waals surface area contributed by atoms with E-state index in [1.807, 2.05) is 0 Å². The van der Waals surface area contributed by atoms with Gasteiger partial charge >= 0.3 is 0 Å². The van der Waals surface area contributed by atoms with Crippen molar-refractivity contribution in [3.8, 4) is 0 Å². The molecule has 1 fully saturated rings. The molecule has 0 aliphatic carbocycles. The number of hydrogen-bond acceptors (Lipinski definition) is 4. The summed E-state index contributed by atoms with van der Waals surface area (Å²) < 4.78 is 0. The van der Waals surface area contributed by atoms with E-state index in [4.69, 9.17) is 0 Å². The van der Waals surface area contributed by atoms with Gasteiger partial charge in [-0.15, -0.1) is 0 Å². The van der Waals surface area contributed by atoms with Gasteiger partial charge < -0.3 is 5.21 Å². The van der Waals surface area contributed by atoms with Crippen LogP contribution < -0.4 is 0 Å². The minimum absolute atomic E-state index is 0.705. The van der Waals surface area contributed by atoms with Crippen molar-refractivity contribution in [1.82, 2.24) is 9.80 Å². The van der Waals surface area contributed by atoms with E-state index < -0.39 is 0 Å². The van der Waals surface area contributed by atoms with Crippen molar-refractivity contribution in [2.45, 2.75) is 58.2 Å². The smallest absolute Gasteiger partial charge is 0.0868 e. The summed E-state index contributed by atoms with van der Waals surface area (Å²) in [5.74, 6) is 0.705. The summed E-state index contributed by atoms with van der Waals surface area (Å²) in [5, 5.41) is 13.7. The largest absolute Gasteiger partial charge is 0.411 e. The molecule has 5 rings (SSSR count). The van der Waals surface area contributed by atoms with E-state index in [1.165, 1.54) is 41.5 Å². The minimum Gasteiger partial charge on any atom is -0.411 e. The Morgan fingerprint density at radius 3 is 2.11 bits per heavy atom. The van der Waals surface area contributed by atoms with Gasteiger partial charge in [0, 0.05) is 19.6 Å². The molecule has 2 aliphatic rings. The van der Waals surface area contributed by atoms with E-state index in [2.05, 4.69) is 93.8 Å². The average molecular weight is 482 g/mol. The molecular weight excluding hydrogens is 442 g/mol. The summed E-state index contributed by atoms with van der Waals surface area (Å²) in [4.78, 5) is 5.12. The zero-order valence-electron chi connectivity index (χ0n) is 21.4. The lowest BCUT2D eigenvalue weighted by molar-refractivity contribution is 0.173. The van der Waals surface area contributed by atoms with E-state index in [0.717, 1.165) is 69.8 Å². The van der Waals surface area contributed by atoms with Crippen LogP contribution >= 0.6 is 0 Å². The van der Waals surface area contributed by atoms with E-state index in [1.54, 1.807) is 0 Å². The Morgan fingerprint density at radius 2 is 1.44 bits per heavy atom. The van der Waals surface area contributed by atoms with Crippen molar-refractivity contribution in [3.63, 3.8) is 0 Å². The molecule has 0 bridgehead atoms. The quantitative estimate of drug-likeness (QED) is 0.227. The third-order valence-corrected chi connectivity index (χ3v) is 7.97. The number of fused-ring (bicyclic) bond motifs is 1. The van der Waals surface area contributed by atoms with Gasteiger partial charge in [-0.25, -0.2) is 0 Å². The van der Waals surface area contributed by atoms with Crippen LogP contribution in [0.3, 0.4) is 0 Å². The third-order valence-electron chi connectivity index (χ3n) is 7.97. The highest BCUT2D eigenvalue weighted by Crippen LogP contribution is 2.26. The molecule has 1 N–H and O–H groups in total. The number of hydrogen-bond donors (Lipinski definition) is 1. The SMILES string of the molecule is O/N=C(\CCC1CCN(Cc2ccccc2)CC1)c1ccc2c(c1)CN(Cc1ccccc1)CCC2. The van der Waals surface area contributed by atoms with Gasteiger partial charge in [-0.2, -0.15) is 0 Å². The fourth-order valence-corrected chi connectivity index (χ4v) is 5.85. The Kier molecular flexibility index (Phi) is 8.47. The van der Waals surface area contributed by atoms with Crippen molar-refractivity contribution in [2.75, 3.05) is 19.6 Å². The zero-order valence-corrected chi connectivity index (χ0v) is 21.4. The summed E-state index contributed by atoms with van der Waals surface area (Å²) in [6.07, 6.45) is 6.69. The van der Waals surface area contributed by atoms with Crippen LogP contribution in [0.2, 0.25) is 0 Å². The summed E-state index contributed by atoms with van der Waals surface area (Å²) in [7, 11) is 0. The van der Waals surface area contributed by atoms with E-state index >= 15 is 0 Å². The van der Waals surface area contributed by atoms with Crippen LogP contribution in [-0.2, 0) is 26.1 Å². The summed E-state index contributed by atoms with van der Waals surface area (Å²) in [6.45, 7) is 6.41. The number of likely N-dealkylation sites (tertiary alicyclic amines) is 1. The van der Waals surface area contributed by atoms with Crippen LogP contribution in [0.4, 0.5) is 0 Å². The van der Waals surface area contributed by atoms with E-state index in [0.29, 0.717) is 5.92 Å². The predicted octanol–water partition coefficient (Wildman–Crippen LogP) is 6.51. The van der Waals surface area contributed by atoms with Gasteiger partial charge in [-0.3, -0.25) is 9.80 Å². The second-order valence-corrected chi connectivity index (χ2v) is 10.6. The summed E-state index contributed by atoms with van der Waals surface area (Å²) in [5.41, 5.74) is 7.51. The average Bonchev–Trinajstić information content (AvgIpc) is 3.12. The maximum atomic E-state index is 9.89. The normalized spacial score (nSPS) is 18.1. The Balaban J connectivity index is 1.16. The first-order chi connectivity index (χ1) is 17.8. The van der Waals surface area contributed by atoms with Crippen LogP contribution in [-0.4, -0.2) is 40.4 Å². The predicted molar refractivity (Wildman–Crippen MR) is 147 cm³/mol. The lowest BCUT2D eigenvalue weighted by atomic mass is 9.89. The number of nitrogens with zero attached hydrogens (tertiary/aromatic N) is 3. The maximum absolute atomic E-state index is 9.89. The molecule has 0 radical (unpaired) electrons. The molecule has 4 heteroatoms. The molecule has 0 atom stereocenters. The first-order valence-corrected chi connectivity index (χ1v) is 13.6. The molecule has 1 saturated heterocycles. The van der Waals surface area contributed by atoms with Crippen molar-refractivity contribution in [2.24, 2.45) is 11.1 Å². The third kappa shape index (κ3) is 6.63. The van der Waals surface area contributed by atoms with E-state index in [-0.39, 0.29) is 0 Å². The number of rotatable bonds is 8. The Morgan fingerprint density at radius 1 is 0.778 bits per heavy atom. The van der Waals surface area contributed by atoms with Crippen LogP contribution in [0, 0.1) is 5.92 Å². The molecule has 0 aromatic heterocycles. The minimum atomic E-state index is 0.705. The number of piperidine rings is 1. The molecule has 2 aliphatic heterocycles. The maximum Gasteiger partial charge on any atom is 0.0868 e. The Hall–Kier alpha value is -2.95. The van der Waals surface area contributed by atoms with Crippen LogP contribution in [0.5, 0.6) is 0 Å². The molecule has 2 heterocycles. The topological polar surface area (TPSA) is 39.1 Å². The molecule has 3 aromatic rings. The first-order valence-electron chi connectivity index (χ1n) is 13.6. The number of aryl methyl sites for hydroxylation is 1. The number of oxime groups is 1. The van der Waals surface area contributed by atoms with Crippen LogP contribution in [0.15, 0.2) is 84.0 Å². The van der Waals surface area contributed by atoms with Crippen molar-refractivity contribution in [1.29, 1.82) is 0 Å². The second kappa shape index (κ2) is 12.3. The highest BCUT2D eigenvalue weighted by Gasteiger charge is 2.21. The van der Waals surface area contributed by atoms with Crippen LogP contribution in [0.1, 0.15) is 59.9 Å². The second-order valence-electron chi connectivity index (χ2n) is 10.6. The Labute approximate surface area is 216 Å². The van der Waals surface area contributed by atoms with Gasteiger partial charge in [-0.05, 0) is 98.0 Å². The van der Waals surface area contributed by atoms with Crippen molar-refractivity contribution >= 4 is 5.71 Å². The summed E-state index contributed by atoms with van der Waals surface area (Å²) >= 11 is 0. The molecule has 0 spiro atoms. The van der Waals surface area contributed by atoms with Crippen LogP contribution in [0.25, 0.3) is 0 Å². The standard InChI is InChI=1S/C32H39N3O/c36-33-32(16-13-26-17-20-34(21-18-26)23-27-8-3-1-4-9-27)30-15-14-29-12-7-19-35(25-31(29)22-30)24-28-10-5-2-6-11-28/h1-6,8-11,14-15,22,26,36H,7,12-13,16-21,23-25H2/b33-32+. The monoisotopic (exact) mass is 481 g/mol. The van der Waals surface area contributed by atoms with Gasteiger partial charge in [0.15, 0.2) is 0 Å². The lowest BCUT2D eigenvalue weighted by Crippen LogP contribution is -2.33. The Bertz CT molecular complexity index is 1120. The molecule has 0 saturated carbocycles. The molecule has 36 heavy (non-hydrogen) atoms. The van der Waals surface area contributed by atoms with Gasteiger partial charge in [0.1, 0.15) is 0 Å². The summed E-state index contributed by atoms with van der Waals surface area (Å²) in [6, 6.07) is 28.3. The highest BCUT2D eigenvalue weighted by atomic mass is 16.4.